The van der Waals surface area contributed by atoms with Crippen molar-refractivity contribution in [2.24, 2.45) is 0 Å². The van der Waals surface area contributed by atoms with E-state index in [0.29, 0.717) is 17.5 Å². The molecule has 1 aromatic carbocycles. The van der Waals surface area contributed by atoms with E-state index >= 15 is 0 Å². The number of ether oxygens (including phenoxy) is 1. The highest BCUT2D eigenvalue weighted by atomic mass is 35.5. The Labute approximate surface area is 126 Å². The number of benzene rings is 1. The number of carbonyl (C=O) groups is 1. The highest BCUT2D eigenvalue weighted by molar-refractivity contribution is 7.13. The fourth-order valence-electron chi connectivity index (χ4n) is 2.00. The molecule has 1 aliphatic carbocycles. The number of carbonyl (C=O) groups excluding carboxylic acids is 1. The van der Waals surface area contributed by atoms with Crippen molar-refractivity contribution in [2.45, 2.75) is 32.3 Å². The summed E-state index contributed by atoms with van der Waals surface area (Å²) in [7, 11) is 0. The second kappa shape index (κ2) is 5.54. The van der Waals surface area contributed by atoms with Crippen molar-refractivity contribution in [2.75, 3.05) is 0 Å². The molecule has 1 aromatic heterocycles. The fourth-order valence-corrected chi connectivity index (χ4v) is 3.09. The van der Waals surface area contributed by atoms with Crippen LogP contribution in [0.25, 0.3) is 0 Å². The molecule has 1 heterocycles. The van der Waals surface area contributed by atoms with Crippen LogP contribution in [0.1, 0.15) is 46.1 Å². The zero-order valence-corrected chi connectivity index (χ0v) is 12.6. The van der Waals surface area contributed by atoms with Gasteiger partial charge in [-0.05, 0) is 37.1 Å². The van der Waals surface area contributed by atoms with Crippen molar-refractivity contribution in [1.29, 1.82) is 0 Å². The molecule has 0 amide bonds. The monoisotopic (exact) mass is 307 g/mol. The average Bonchev–Trinajstić information content (AvgIpc) is 3.18. The normalized spacial score (nSPS) is 14.3. The number of hydrogen-bond acceptors (Lipinski definition) is 4. The van der Waals surface area contributed by atoms with E-state index in [0.717, 1.165) is 34.2 Å². The van der Waals surface area contributed by atoms with Gasteiger partial charge in [0.05, 0.1) is 10.6 Å². The van der Waals surface area contributed by atoms with Crippen LogP contribution in [0.5, 0.6) is 5.75 Å². The van der Waals surface area contributed by atoms with Gasteiger partial charge in [-0.2, -0.15) is 0 Å². The van der Waals surface area contributed by atoms with Gasteiger partial charge in [0.25, 0.3) is 0 Å². The second-order valence-corrected chi connectivity index (χ2v) is 6.42. The third kappa shape index (κ3) is 3.02. The lowest BCUT2D eigenvalue weighted by atomic mass is 10.2. The molecule has 3 rings (SSSR count). The predicted molar refractivity (Wildman–Crippen MR) is 79.9 cm³/mol. The van der Waals surface area contributed by atoms with Crippen molar-refractivity contribution in [3.8, 4) is 5.75 Å². The molecule has 5 heteroatoms. The van der Waals surface area contributed by atoms with Gasteiger partial charge in [-0.25, -0.2) is 4.98 Å². The number of halogens is 1. The maximum absolute atomic E-state index is 11.6. The number of Topliss-reactive ketones (excluding diaryl/α,β-unsaturated/α-hetero) is 1. The Morgan fingerprint density at radius 2 is 2.10 bits per heavy atom. The number of nitrogens with zero attached hydrogens (tertiary/aromatic N) is 1. The molecule has 0 radical (unpaired) electrons. The van der Waals surface area contributed by atoms with Crippen LogP contribution in [0.15, 0.2) is 24.3 Å². The van der Waals surface area contributed by atoms with E-state index in [-0.39, 0.29) is 5.78 Å². The third-order valence-corrected chi connectivity index (χ3v) is 4.55. The molecule has 1 fully saturated rings. The van der Waals surface area contributed by atoms with Crippen LogP contribution in [0.2, 0.25) is 5.02 Å². The van der Waals surface area contributed by atoms with E-state index in [4.69, 9.17) is 16.3 Å². The quantitative estimate of drug-likeness (QED) is 0.766. The van der Waals surface area contributed by atoms with E-state index in [1.165, 1.54) is 11.3 Å². The minimum Gasteiger partial charge on any atom is -0.486 e. The number of rotatable bonds is 5. The summed E-state index contributed by atoms with van der Waals surface area (Å²) >= 11 is 7.27. The summed E-state index contributed by atoms with van der Waals surface area (Å²) in [6.45, 7) is 1.99. The van der Waals surface area contributed by atoms with Crippen LogP contribution in [0.3, 0.4) is 0 Å². The summed E-state index contributed by atoms with van der Waals surface area (Å²) in [5.74, 6) is 1.33. The van der Waals surface area contributed by atoms with Crippen LogP contribution in [0, 0.1) is 0 Å². The Morgan fingerprint density at radius 1 is 1.40 bits per heavy atom. The molecular formula is C15H14ClNO2S. The number of hydrogen-bond donors (Lipinski definition) is 0. The van der Waals surface area contributed by atoms with Crippen LogP contribution < -0.4 is 4.74 Å². The van der Waals surface area contributed by atoms with Crippen molar-refractivity contribution in [1.82, 2.24) is 4.98 Å². The highest BCUT2D eigenvalue weighted by Crippen LogP contribution is 2.42. The summed E-state index contributed by atoms with van der Waals surface area (Å²) < 4.78 is 5.67. The third-order valence-electron chi connectivity index (χ3n) is 3.16. The minimum absolute atomic E-state index is 0.0992. The maximum atomic E-state index is 11.6. The Hall–Kier alpha value is -1.39. The van der Waals surface area contributed by atoms with E-state index in [9.17, 15) is 4.79 Å². The molecule has 0 bridgehead atoms. The van der Waals surface area contributed by atoms with Gasteiger partial charge in [0.15, 0.2) is 5.78 Å². The molecule has 0 spiro atoms. The van der Waals surface area contributed by atoms with Crippen LogP contribution >= 0.6 is 22.9 Å². The van der Waals surface area contributed by atoms with Crippen LogP contribution in [-0.4, -0.2) is 10.8 Å². The van der Waals surface area contributed by atoms with Gasteiger partial charge in [0, 0.05) is 17.9 Å². The van der Waals surface area contributed by atoms with Crippen molar-refractivity contribution in [3.63, 3.8) is 0 Å². The summed E-state index contributed by atoms with van der Waals surface area (Å²) in [5.41, 5.74) is 0.970. The molecule has 1 saturated carbocycles. The molecule has 0 unspecified atom stereocenters. The molecule has 2 aromatic rings. The van der Waals surface area contributed by atoms with Crippen LogP contribution in [0.4, 0.5) is 0 Å². The first-order valence-corrected chi connectivity index (χ1v) is 7.72. The summed E-state index contributed by atoms with van der Waals surface area (Å²) in [6, 6.07) is 7.22. The molecular weight excluding hydrogens is 294 g/mol. The first-order valence-electron chi connectivity index (χ1n) is 6.52. The van der Waals surface area contributed by atoms with Gasteiger partial charge in [0.1, 0.15) is 17.4 Å². The molecule has 104 valence electrons. The van der Waals surface area contributed by atoms with E-state index < -0.39 is 0 Å². The summed E-state index contributed by atoms with van der Waals surface area (Å²) in [4.78, 5) is 17.0. The van der Waals surface area contributed by atoms with Crippen molar-refractivity contribution in [3.05, 3.63) is 44.9 Å². The highest BCUT2D eigenvalue weighted by Gasteiger charge is 2.31. The van der Waals surface area contributed by atoms with Crippen molar-refractivity contribution < 1.29 is 9.53 Å². The largest absolute Gasteiger partial charge is 0.486 e. The fraction of sp³-hybridized carbons (Fsp3) is 0.333. The minimum atomic E-state index is 0.0992. The zero-order valence-electron chi connectivity index (χ0n) is 11.1. The topological polar surface area (TPSA) is 39.2 Å². The Kier molecular flexibility index (Phi) is 3.76. The summed E-state index contributed by atoms with van der Waals surface area (Å²) in [6.07, 6.45) is 2.28. The average molecular weight is 308 g/mol. The number of ketones is 1. The first kappa shape index (κ1) is 13.6. The molecule has 3 nitrogen and oxygen atoms in total. The van der Waals surface area contributed by atoms with Gasteiger partial charge in [-0.15, -0.1) is 11.3 Å². The molecule has 1 aliphatic rings. The lowest BCUT2D eigenvalue weighted by Gasteiger charge is -2.03. The number of thiazole rings is 1. The SMILES string of the molecule is CC(=O)c1sc(COc2ccc(Cl)cc2)nc1C1CC1. The predicted octanol–water partition coefficient (Wildman–Crippen LogP) is 4.46. The van der Waals surface area contributed by atoms with E-state index in [1.807, 2.05) is 12.1 Å². The summed E-state index contributed by atoms with van der Waals surface area (Å²) in [5, 5.41) is 1.54. The van der Waals surface area contributed by atoms with Gasteiger partial charge >= 0.3 is 0 Å². The smallest absolute Gasteiger partial charge is 0.171 e. The van der Waals surface area contributed by atoms with Crippen molar-refractivity contribution >= 4 is 28.7 Å². The molecule has 20 heavy (non-hydrogen) atoms. The molecule has 0 N–H and O–H groups in total. The van der Waals surface area contributed by atoms with Gasteiger partial charge < -0.3 is 4.74 Å². The van der Waals surface area contributed by atoms with Crippen LogP contribution in [-0.2, 0) is 6.61 Å². The second-order valence-electron chi connectivity index (χ2n) is 4.90. The Morgan fingerprint density at radius 3 is 2.70 bits per heavy atom. The lowest BCUT2D eigenvalue weighted by molar-refractivity contribution is 0.102. The number of aromatic nitrogens is 1. The standard InChI is InChI=1S/C15H14ClNO2S/c1-9(18)15-14(10-2-3-10)17-13(20-15)8-19-12-6-4-11(16)5-7-12/h4-7,10H,2-3,8H2,1H3. The Bertz CT molecular complexity index is 632. The van der Waals surface area contributed by atoms with E-state index in [2.05, 4.69) is 4.98 Å². The first-order chi connectivity index (χ1) is 9.63. The molecule has 0 aliphatic heterocycles. The van der Waals surface area contributed by atoms with Gasteiger partial charge in [0.2, 0.25) is 0 Å². The molecule has 0 saturated heterocycles. The van der Waals surface area contributed by atoms with Gasteiger partial charge in [-0.1, -0.05) is 11.6 Å². The Balaban J connectivity index is 1.72. The lowest BCUT2D eigenvalue weighted by Crippen LogP contribution is -1.95. The van der Waals surface area contributed by atoms with Gasteiger partial charge in [-0.3, -0.25) is 4.79 Å². The van der Waals surface area contributed by atoms with E-state index in [1.54, 1.807) is 19.1 Å². The maximum Gasteiger partial charge on any atom is 0.171 e. The molecule has 0 atom stereocenters. The zero-order chi connectivity index (χ0) is 14.1.